The summed E-state index contributed by atoms with van der Waals surface area (Å²) >= 11 is 0. The van der Waals surface area contributed by atoms with Gasteiger partial charge in [-0.1, -0.05) is 0 Å². The molecule has 0 saturated heterocycles. The molecule has 1 aromatic heterocycles. The minimum atomic E-state index is -0.286. The smallest absolute Gasteiger partial charge is 0.242 e. The number of rotatable bonds is 5. The number of hydrogen-bond acceptors (Lipinski definition) is 4. The van der Waals surface area contributed by atoms with Crippen LogP contribution in [0.1, 0.15) is 20.8 Å². The average Bonchev–Trinajstić information content (AvgIpc) is 2.28. The SMILES string of the molecule is CNc1cncc(NC(C)C(=O)NC(C)C)c1. The molecule has 3 N–H and O–H groups in total. The van der Waals surface area contributed by atoms with Gasteiger partial charge in [-0.05, 0) is 26.8 Å². The number of aromatic nitrogens is 1. The fourth-order valence-corrected chi connectivity index (χ4v) is 1.38. The Morgan fingerprint density at radius 1 is 1.24 bits per heavy atom. The molecule has 0 aliphatic heterocycles. The van der Waals surface area contributed by atoms with Gasteiger partial charge in [0, 0.05) is 13.1 Å². The Hall–Kier alpha value is -1.78. The Morgan fingerprint density at radius 2 is 1.88 bits per heavy atom. The summed E-state index contributed by atoms with van der Waals surface area (Å²) in [7, 11) is 1.83. The molecule has 1 unspecified atom stereocenters. The summed E-state index contributed by atoms with van der Waals surface area (Å²) in [5.74, 6) is -0.0186. The molecule has 5 heteroatoms. The molecule has 1 amide bonds. The zero-order chi connectivity index (χ0) is 12.8. The maximum Gasteiger partial charge on any atom is 0.242 e. The quantitative estimate of drug-likeness (QED) is 0.724. The summed E-state index contributed by atoms with van der Waals surface area (Å²) in [6, 6.07) is 1.77. The lowest BCUT2D eigenvalue weighted by Gasteiger charge is -2.17. The number of hydrogen-bond donors (Lipinski definition) is 3. The average molecular weight is 236 g/mol. The Labute approximate surface area is 102 Å². The maximum atomic E-state index is 11.7. The first kappa shape index (κ1) is 13.3. The topological polar surface area (TPSA) is 66.0 Å². The van der Waals surface area contributed by atoms with Crippen LogP contribution in [0.4, 0.5) is 11.4 Å². The molecule has 0 spiro atoms. The lowest BCUT2D eigenvalue weighted by molar-refractivity contribution is -0.122. The van der Waals surface area contributed by atoms with E-state index in [1.165, 1.54) is 0 Å². The lowest BCUT2D eigenvalue weighted by atomic mass is 10.2. The summed E-state index contributed by atoms with van der Waals surface area (Å²) in [4.78, 5) is 15.8. The molecule has 17 heavy (non-hydrogen) atoms. The number of carbonyl (C=O) groups excluding carboxylic acids is 1. The monoisotopic (exact) mass is 236 g/mol. The van der Waals surface area contributed by atoms with Crippen molar-refractivity contribution in [2.45, 2.75) is 32.9 Å². The predicted octanol–water partition coefficient (Wildman–Crippen LogP) is 1.45. The van der Waals surface area contributed by atoms with Crippen LogP contribution in [-0.4, -0.2) is 30.0 Å². The maximum absolute atomic E-state index is 11.7. The zero-order valence-corrected chi connectivity index (χ0v) is 10.7. The summed E-state index contributed by atoms with van der Waals surface area (Å²) in [6.07, 6.45) is 3.42. The van der Waals surface area contributed by atoms with E-state index in [1.54, 1.807) is 12.4 Å². The summed E-state index contributed by atoms with van der Waals surface area (Å²) in [5, 5.41) is 8.96. The van der Waals surface area contributed by atoms with Crippen LogP contribution in [0.3, 0.4) is 0 Å². The van der Waals surface area contributed by atoms with E-state index in [0.717, 1.165) is 11.4 Å². The highest BCUT2D eigenvalue weighted by molar-refractivity contribution is 5.84. The van der Waals surface area contributed by atoms with E-state index in [1.807, 2.05) is 33.9 Å². The van der Waals surface area contributed by atoms with Gasteiger partial charge in [0.1, 0.15) is 6.04 Å². The van der Waals surface area contributed by atoms with Crippen molar-refractivity contribution in [3.8, 4) is 0 Å². The molecule has 1 rings (SSSR count). The van der Waals surface area contributed by atoms with Crippen molar-refractivity contribution in [2.75, 3.05) is 17.7 Å². The lowest BCUT2D eigenvalue weighted by Crippen LogP contribution is -2.40. The number of nitrogens with zero attached hydrogens (tertiary/aromatic N) is 1. The first-order valence-corrected chi connectivity index (χ1v) is 5.72. The highest BCUT2D eigenvalue weighted by atomic mass is 16.2. The second kappa shape index (κ2) is 6.08. The van der Waals surface area contributed by atoms with E-state index < -0.39 is 0 Å². The summed E-state index contributed by atoms with van der Waals surface area (Å²) in [5.41, 5.74) is 1.73. The van der Waals surface area contributed by atoms with Crippen LogP contribution in [0.5, 0.6) is 0 Å². The molecule has 0 radical (unpaired) electrons. The number of anilines is 2. The third-order valence-electron chi connectivity index (χ3n) is 2.23. The molecule has 1 atom stereocenters. The molecule has 0 fully saturated rings. The van der Waals surface area contributed by atoms with Crippen molar-refractivity contribution in [3.05, 3.63) is 18.5 Å². The fourth-order valence-electron chi connectivity index (χ4n) is 1.38. The first-order valence-electron chi connectivity index (χ1n) is 5.72. The number of amides is 1. The first-order chi connectivity index (χ1) is 8.02. The minimum absolute atomic E-state index is 0.0186. The van der Waals surface area contributed by atoms with Crippen molar-refractivity contribution >= 4 is 17.3 Å². The molecule has 0 aromatic carbocycles. The Morgan fingerprint density at radius 3 is 2.47 bits per heavy atom. The molecule has 5 nitrogen and oxygen atoms in total. The molecule has 0 bridgehead atoms. The normalized spacial score (nSPS) is 12.1. The van der Waals surface area contributed by atoms with Crippen LogP contribution >= 0.6 is 0 Å². The van der Waals surface area contributed by atoms with Crippen molar-refractivity contribution in [2.24, 2.45) is 0 Å². The van der Waals surface area contributed by atoms with Crippen LogP contribution in [0.15, 0.2) is 18.5 Å². The van der Waals surface area contributed by atoms with Crippen molar-refractivity contribution in [1.29, 1.82) is 0 Å². The van der Waals surface area contributed by atoms with Crippen LogP contribution < -0.4 is 16.0 Å². The van der Waals surface area contributed by atoms with Gasteiger partial charge < -0.3 is 16.0 Å². The second-order valence-corrected chi connectivity index (χ2v) is 4.24. The predicted molar refractivity (Wildman–Crippen MR) is 70.1 cm³/mol. The van der Waals surface area contributed by atoms with Crippen LogP contribution in [0.2, 0.25) is 0 Å². The van der Waals surface area contributed by atoms with E-state index in [9.17, 15) is 4.79 Å². The summed E-state index contributed by atoms with van der Waals surface area (Å²) in [6.45, 7) is 5.70. The van der Waals surface area contributed by atoms with E-state index in [2.05, 4.69) is 20.9 Å². The van der Waals surface area contributed by atoms with Crippen molar-refractivity contribution in [1.82, 2.24) is 10.3 Å². The number of pyridine rings is 1. The van der Waals surface area contributed by atoms with E-state index in [0.29, 0.717) is 0 Å². The molecule has 0 saturated carbocycles. The molecule has 0 aliphatic rings. The molecule has 1 aromatic rings. The zero-order valence-electron chi connectivity index (χ0n) is 10.7. The molecule has 0 aliphatic carbocycles. The van der Waals surface area contributed by atoms with Crippen LogP contribution in [-0.2, 0) is 4.79 Å². The van der Waals surface area contributed by atoms with Gasteiger partial charge in [0.2, 0.25) is 5.91 Å². The standard InChI is InChI=1S/C12H20N4O/c1-8(2)15-12(17)9(3)16-11-5-10(13-4)6-14-7-11/h5-9,13,16H,1-4H3,(H,15,17). The van der Waals surface area contributed by atoms with E-state index in [-0.39, 0.29) is 18.0 Å². The van der Waals surface area contributed by atoms with Crippen LogP contribution in [0, 0.1) is 0 Å². The molecule has 1 heterocycles. The molecular weight excluding hydrogens is 216 g/mol. The van der Waals surface area contributed by atoms with Crippen LogP contribution in [0.25, 0.3) is 0 Å². The van der Waals surface area contributed by atoms with Crippen molar-refractivity contribution in [3.63, 3.8) is 0 Å². The van der Waals surface area contributed by atoms with E-state index >= 15 is 0 Å². The van der Waals surface area contributed by atoms with Crippen molar-refractivity contribution < 1.29 is 4.79 Å². The number of carbonyl (C=O) groups is 1. The van der Waals surface area contributed by atoms with E-state index in [4.69, 9.17) is 0 Å². The Kier molecular flexibility index (Phi) is 4.75. The van der Waals surface area contributed by atoms with Gasteiger partial charge in [-0.2, -0.15) is 0 Å². The Balaban J connectivity index is 2.60. The largest absolute Gasteiger partial charge is 0.387 e. The minimum Gasteiger partial charge on any atom is -0.387 e. The number of nitrogens with one attached hydrogen (secondary N) is 3. The van der Waals surface area contributed by atoms with Gasteiger partial charge in [0.15, 0.2) is 0 Å². The highest BCUT2D eigenvalue weighted by Crippen LogP contribution is 2.13. The van der Waals surface area contributed by atoms with Gasteiger partial charge in [0.25, 0.3) is 0 Å². The second-order valence-electron chi connectivity index (χ2n) is 4.24. The van der Waals surface area contributed by atoms with Gasteiger partial charge in [-0.25, -0.2) is 0 Å². The molecular formula is C12H20N4O. The third kappa shape index (κ3) is 4.30. The molecule has 94 valence electrons. The highest BCUT2D eigenvalue weighted by Gasteiger charge is 2.13. The third-order valence-corrected chi connectivity index (χ3v) is 2.23. The van der Waals surface area contributed by atoms with Gasteiger partial charge in [-0.15, -0.1) is 0 Å². The Bertz CT molecular complexity index is 379. The fraction of sp³-hybridized carbons (Fsp3) is 0.500. The summed E-state index contributed by atoms with van der Waals surface area (Å²) < 4.78 is 0. The van der Waals surface area contributed by atoms with Gasteiger partial charge >= 0.3 is 0 Å². The van der Waals surface area contributed by atoms with Gasteiger partial charge in [-0.3, -0.25) is 9.78 Å². The van der Waals surface area contributed by atoms with Gasteiger partial charge in [0.05, 0.1) is 23.8 Å².